The molecule has 0 atom stereocenters. The van der Waals surface area contributed by atoms with E-state index >= 15 is 0 Å². The zero-order chi connectivity index (χ0) is 22.2. The van der Waals surface area contributed by atoms with Crippen molar-refractivity contribution in [1.82, 2.24) is 20.4 Å². The normalized spacial score (nSPS) is 14.5. The van der Waals surface area contributed by atoms with E-state index in [0.29, 0.717) is 49.3 Å². The first kappa shape index (κ1) is 22.6. The number of piperazine rings is 1. The lowest BCUT2D eigenvalue weighted by Crippen LogP contribution is -2.54. The van der Waals surface area contributed by atoms with Gasteiger partial charge in [-0.3, -0.25) is 9.59 Å². The van der Waals surface area contributed by atoms with E-state index in [1.807, 2.05) is 59.2 Å². The molecule has 0 aromatic heterocycles. The Morgan fingerprint density at radius 3 is 2.58 bits per heavy atom. The van der Waals surface area contributed by atoms with Crippen LogP contribution in [0.4, 0.5) is 0 Å². The van der Waals surface area contributed by atoms with E-state index in [2.05, 4.69) is 10.6 Å². The summed E-state index contributed by atoms with van der Waals surface area (Å²) in [5, 5.41) is 6.59. The van der Waals surface area contributed by atoms with Crippen LogP contribution in [0.25, 0.3) is 0 Å². The summed E-state index contributed by atoms with van der Waals surface area (Å²) in [4.78, 5) is 33.1. The molecule has 1 heterocycles. The van der Waals surface area contributed by atoms with Crippen LogP contribution in [0.3, 0.4) is 0 Å². The van der Waals surface area contributed by atoms with Gasteiger partial charge in [-0.25, -0.2) is 4.99 Å². The first-order valence-electron chi connectivity index (χ1n) is 10.4. The van der Waals surface area contributed by atoms with E-state index in [-0.39, 0.29) is 18.4 Å². The van der Waals surface area contributed by atoms with Gasteiger partial charge in [-0.05, 0) is 42.3 Å². The zero-order valence-electron chi connectivity index (χ0n) is 17.9. The molecule has 0 radical (unpaired) electrons. The summed E-state index contributed by atoms with van der Waals surface area (Å²) >= 11 is 5.95. The highest BCUT2D eigenvalue weighted by atomic mass is 35.5. The number of hydrogen-bond donors (Lipinski definition) is 2. The van der Waals surface area contributed by atoms with Gasteiger partial charge in [0, 0.05) is 43.8 Å². The second kappa shape index (κ2) is 10.8. The molecule has 3 rings (SSSR count). The molecule has 1 saturated heterocycles. The summed E-state index contributed by atoms with van der Waals surface area (Å²) in [5.41, 5.74) is 2.60. The minimum absolute atomic E-state index is 0.0633. The molecule has 1 aliphatic heterocycles. The van der Waals surface area contributed by atoms with Crippen molar-refractivity contribution in [1.29, 1.82) is 0 Å². The molecule has 7 nitrogen and oxygen atoms in total. The SMILES string of the molecule is CCNC(=NCc1cccc(C(=O)NC)c1)N1CCN(Cc2ccc(Cl)cc2)C(=O)C1. The van der Waals surface area contributed by atoms with E-state index in [9.17, 15) is 9.59 Å². The highest BCUT2D eigenvalue weighted by Crippen LogP contribution is 2.14. The fourth-order valence-electron chi connectivity index (χ4n) is 3.41. The molecular weight excluding hydrogens is 414 g/mol. The van der Waals surface area contributed by atoms with Crippen LogP contribution in [-0.2, 0) is 17.9 Å². The second-order valence-electron chi connectivity index (χ2n) is 7.31. The van der Waals surface area contributed by atoms with Crippen LogP contribution in [0.2, 0.25) is 5.02 Å². The third-order valence-electron chi connectivity index (χ3n) is 5.07. The van der Waals surface area contributed by atoms with Crippen molar-refractivity contribution in [3.05, 3.63) is 70.2 Å². The Hall–Kier alpha value is -3.06. The number of guanidine groups is 1. The largest absolute Gasteiger partial charge is 0.356 e. The molecule has 8 heteroatoms. The van der Waals surface area contributed by atoms with Crippen molar-refractivity contribution in [2.75, 3.05) is 33.2 Å². The minimum atomic E-state index is -0.125. The Kier molecular flexibility index (Phi) is 7.89. The highest BCUT2D eigenvalue weighted by Gasteiger charge is 2.26. The number of nitrogens with zero attached hydrogens (tertiary/aromatic N) is 3. The third-order valence-corrected chi connectivity index (χ3v) is 5.32. The Morgan fingerprint density at radius 1 is 1.13 bits per heavy atom. The van der Waals surface area contributed by atoms with Crippen molar-refractivity contribution in [2.24, 2.45) is 4.99 Å². The average Bonchev–Trinajstić information content (AvgIpc) is 2.79. The van der Waals surface area contributed by atoms with Crippen LogP contribution in [0.1, 0.15) is 28.4 Å². The summed E-state index contributed by atoms with van der Waals surface area (Å²) in [5.74, 6) is 0.640. The molecule has 1 aliphatic rings. The van der Waals surface area contributed by atoms with Gasteiger partial charge in [0.05, 0.1) is 13.1 Å². The quantitative estimate of drug-likeness (QED) is 0.533. The molecule has 0 unspecified atom stereocenters. The lowest BCUT2D eigenvalue weighted by atomic mass is 10.1. The number of amides is 2. The first-order valence-corrected chi connectivity index (χ1v) is 10.7. The molecule has 31 heavy (non-hydrogen) atoms. The van der Waals surface area contributed by atoms with E-state index in [1.165, 1.54) is 0 Å². The minimum Gasteiger partial charge on any atom is -0.356 e. The monoisotopic (exact) mass is 441 g/mol. The predicted molar refractivity (Wildman–Crippen MR) is 123 cm³/mol. The molecule has 2 aromatic rings. The van der Waals surface area contributed by atoms with Crippen molar-refractivity contribution in [3.63, 3.8) is 0 Å². The Labute approximate surface area is 188 Å². The van der Waals surface area contributed by atoms with Gasteiger partial charge in [-0.1, -0.05) is 35.9 Å². The van der Waals surface area contributed by atoms with Gasteiger partial charge in [0.2, 0.25) is 5.91 Å². The van der Waals surface area contributed by atoms with Crippen molar-refractivity contribution < 1.29 is 9.59 Å². The van der Waals surface area contributed by atoms with Crippen LogP contribution in [-0.4, -0.2) is 60.8 Å². The molecule has 0 bridgehead atoms. The topological polar surface area (TPSA) is 77.0 Å². The number of hydrogen-bond acceptors (Lipinski definition) is 3. The number of carbonyl (C=O) groups excluding carboxylic acids is 2. The molecule has 1 fully saturated rings. The lowest BCUT2D eigenvalue weighted by molar-refractivity contribution is -0.135. The third kappa shape index (κ3) is 6.21. The van der Waals surface area contributed by atoms with Crippen LogP contribution in [0.5, 0.6) is 0 Å². The molecule has 0 aliphatic carbocycles. The summed E-state index contributed by atoms with van der Waals surface area (Å²) in [6, 6.07) is 15.0. The number of aliphatic imine (C=N–C) groups is 1. The Morgan fingerprint density at radius 2 is 1.90 bits per heavy atom. The number of nitrogens with one attached hydrogen (secondary N) is 2. The number of halogens is 1. The maximum absolute atomic E-state index is 12.7. The van der Waals surface area contributed by atoms with E-state index in [0.717, 1.165) is 11.1 Å². The predicted octanol–water partition coefficient (Wildman–Crippen LogP) is 2.51. The van der Waals surface area contributed by atoms with Gasteiger partial charge in [-0.15, -0.1) is 0 Å². The van der Waals surface area contributed by atoms with E-state index in [1.54, 1.807) is 13.1 Å². The van der Waals surface area contributed by atoms with Gasteiger partial charge in [0.15, 0.2) is 5.96 Å². The highest BCUT2D eigenvalue weighted by molar-refractivity contribution is 6.30. The standard InChI is InChI=1S/C23H28ClN5O2/c1-3-26-23(27-14-18-5-4-6-19(13-18)22(31)25-2)29-12-11-28(21(30)16-29)15-17-7-9-20(24)10-8-17/h4-10,13H,3,11-12,14-16H2,1-2H3,(H,25,31)(H,26,27). The van der Waals surface area contributed by atoms with Gasteiger partial charge in [0.25, 0.3) is 5.91 Å². The van der Waals surface area contributed by atoms with Crippen LogP contribution in [0.15, 0.2) is 53.5 Å². The number of benzene rings is 2. The molecule has 2 amide bonds. The Bertz CT molecular complexity index is 945. The van der Waals surface area contributed by atoms with E-state index in [4.69, 9.17) is 16.6 Å². The summed E-state index contributed by atoms with van der Waals surface area (Å²) in [6.07, 6.45) is 0. The summed E-state index contributed by atoms with van der Waals surface area (Å²) in [7, 11) is 1.61. The van der Waals surface area contributed by atoms with Gasteiger partial charge in [-0.2, -0.15) is 0 Å². The molecule has 2 aromatic carbocycles. The zero-order valence-corrected chi connectivity index (χ0v) is 18.7. The smallest absolute Gasteiger partial charge is 0.251 e. The summed E-state index contributed by atoms with van der Waals surface area (Å²) in [6.45, 7) is 5.30. The van der Waals surface area contributed by atoms with Crippen LogP contribution < -0.4 is 10.6 Å². The molecule has 164 valence electrons. The maximum atomic E-state index is 12.7. The maximum Gasteiger partial charge on any atom is 0.251 e. The first-order chi connectivity index (χ1) is 15.0. The van der Waals surface area contributed by atoms with Crippen LogP contribution >= 0.6 is 11.6 Å². The van der Waals surface area contributed by atoms with Gasteiger partial charge >= 0.3 is 0 Å². The Balaban J connectivity index is 1.64. The van der Waals surface area contributed by atoms with Gasteiger partial charge < -0.3 is 20.4 Å². The molecule has 2 N–H and O–H groups in total. The molecule has 0 saturated carbocycles. The van der Waals surface area contributed by atoms with Gasteiger partial charge in [0.1, 0.15) is 0 Å². The molecular formula is C23H28ClN5O2. The van der Waals surface area contributed by atoms with Crippen molar-refractivity contribution in [2.45, 2.75) is 20.0 Å². The average molecular weight is 442 g/mol. The van der Waals surface area contributed by atoms with Crippen LogP contribution in [0, 0.1) is 0 Å². The second-order valence-corrected chi connectivity index (χ2v) is 7.75. The fraction of sp³-hybridized carbons (Fsp3) is 0.348. The fourth-order valence-corrected chi connectivity index (χ4v) is 3.54. The van der Waals surface area contributed by atoms with Crippen molar-refractivity contribution >= 4 is 29.4 Å². The van der Waals surface area contributed by atoms with E-state index < -0.39 is 0 Å². The van der Waals surface area contributed by atoms with Crippen molar-refractivity contribution in [3.8, 4) is 0 Å². The molecule has 0 spiro atoms. The lowest BCUT2D eigenvalue weighted by Gasteiger charge is -2.36. The number of rotatable bonds is 6. The summed E-state index contributed by atoms with van der Waals surface area (Å²) < 4.78 is 0. The number of carbonyl (C=O) groups is 2.